The Labute approximate surface area is 372 Å². The molecule has 0 spiro atoms. The fourth-order valence-electron chi connectivity index (χ4n) is 9.25. The van der Waals surface area contributed by atoms with Crippen molar-refractivity contribution in [2.75, 3.05) is 0 Å². The van der Waals surface area contributed by atoms with E-state index in [4.69, 9.17) is 4.98 Å². The largest absolute Gasteiger partial charge is 0.505 e. The Morgan fingerprint density at radius 3 is 1.02 bits per heavy atom. The van der Waals surface area contributed by atoms with Crippen molar-refractivity contribution in [1.82, 2.24) is 14.1 Å². The minimum absolute atomic E-state index is 0. The third-order valence-electron chi connectivity index (χ3n) is 11.8. The van der Waals surface area contributed by atoms with Gasteiger partial charge in [-0.2, -0.15) is 0 Å². The Hall–Kier alpha value is -7.02. The number of para-hydroxylation sites is 4. The normalized spacial score (nSPS) is 11.4. The third kappa shape index (κ3) is 6.20. The van der Waals surface area contributed by atoms with Gasteiger partial charge in [0, 0.05) is 69.6 Å². The van der Waals surface area contributed by atoms with E-state index in [1.807, 2.05) is 66.7 Å². The molecule has 3 aromatic heterocycles. The second-order valence-electron chi connectivity index (χ2n) is 15.6. The number of hydrogen-bond donors (Lipinski definition) is 2. The van der Waals surface area contributed by atoms with Crippen LogP contribution in [0.3, 0.4) is 0 Å². The van der Waals surface area contributed by atoms with Gasteiger partial charge < -0.3 is 19.3 Å². The number of aromatic nitrogens is 3. The van der Waals surface area contributed by atoms with E-state index in [0.717, 1.165) is 111 Å². The smallest absolute Gasteiger partial charge is 0.147 e. The number of pyridine rings is 1. The predicted molar refractivity (Wildman–Crippen MR) is 247 cm³/mol. The molecule has 0 atom stereocenters. The van der Waals surface area contributed by atoms with Crippen LogP contribution in [0, 0.1) is 13.8 Å². The van der Waals surface area contributed by atoms with E-state index in [1.165, 1.54) is 0 Å². The van der Waals surface area contributed by atoms with Crippen LogP contribution in [0.1, 0.15) is 11.1 Å². The van der Waals surface area contributed by atoms with Crippen molar-refractivity contribution in [3.63, 3.8) is 0 Å². The first-order chi connectivity index (χ1) is 29.4. The quantitative estimate of drug-likeness (QED) is 0.163. The number of phenols is 2. The maximum atomic E-state index is 12.3. The van der Waals surface area contributed by atoms with E-state index < -0.39 is 0 Å². The van der Waals surface area contributed by atoms with Crippen LogP contribution in [0.15, 0.2) is 188 Å². The van der Waals surface area contributed by atoms with Gasteiger partial charge in [0.1, 0.15) is 11.5 Å². The monoisotopic (exact) mass is 953 g/mol. The third-order valence-corrected chi connectivity index (χ3v) is 11.8. The molecule has 0 saturated carbocycles. The van der Waals surface area contributed by atoms with Crippen LogP contribution in [0.25, 0.3) is 99.8 Å². The van der Waals surface area contributed by atoms with Crippen LogP contribution < -0.4 is 0 Å². The van der Waals surface area contributed by atoms with Gasteiger partial charge in [-0.05, 0) is 96.8 Å². The van der Waals surface area contributed by atoms with Crippen LogP contribution in [-0.4, -0.2) is 24.3 Å². The number of aryl methyl sites for hydroxylation is 2. The number of fused-ring (bicyclic) bond motifs is 6. The summed E-state index contributed by atoms with van der Waals surface area (Å²) in [6.07, 6.45) is 0. The van der Waals surface area contributed by atoms with Gasteiger partial charge in [0.15, 0.2) is 0 Å². The fraction of sp³-hybridized carbons (Fsp3) is 0.0364. The standard InChI is InChI=1S/C55H39N3O2.Hf/c1-34-30-44(54(59)52(32-34)57-48-26-11-7-20-40(48)41-21-8-12-27-49(41)57)36-16-3-5-18-38(36)46-24-15-25-47(56-46)39-19-6-4-17-37(39)45-31-35(2)33-53(55(45)60)58-50-28-13-9-22-42(50)43-23-10-14-29-51(43)58;/h3-33,59-60H,1-2H3;. The molecule has 290 valence electrons. The molecule has 11 aromatic rings. The second kappa shape index (κ2) is 15.2. The summed E-state index contributed by atoms with van der Waals surface area (Å²) >= 11 is 0. The number of hydrogen-bond acceptors (Lipinski definition) is 3. The molecule has 0 amide bonds. The van der Waals surface area contributed by atoms with Crippen molar-refractivity contribution in [2.45, 2.75) is 13.8 Å². The number of phenolic OH excluding ortho intramolecular Hbond substituents is 2. The van der Waals surface area contributed by atoms with Crippen molar-refractivity contribution in [3.8, 4) is 67.6 Å². The maximum absolute atomic E-state index is 12.3. The summed E-state index contributed by atoms with van der Waals surface area (Å²) in [6, 6.07) is 64.0. The Morgan fingerprint density at radius 2 is 0.656 bits per heavy atom. The van der Waals surface area contributed by atoms with Crippen molar-refractivity contribution in [3.05, 3.63) is 199 Å². The molecule has 5 nitrogen and oxygen atoms in total. The number of rotatable bonds is 6. The van der Waals surface area contributed by atoms with Crippen molar-refractivity contribution >= 4 is 43.6 Å². The molecule has 0 fully saturated rings. The molecule has 11 rings (SSSR count). The summed E-state index contributed by atoms with van der Waals surface area (Å²) in [7, 11) is 0. The summed E-state index contributed by atoms with van der Waals surface area (Å²) in [5, 5.41) is 29.2. The molecule has 2 N–H and O–H groups in total. The number of benzene rings is 8. The van der Waals surface area contributed by atoms with Gasteiger partial charge in [0.05, 0.1) is 44.8 Å². The zero-order valence-electron chi connectivity index (χ0n) is 33.6. The van der Waals surface area contributed by atoms with Gasteiger partial charge in [-0.25, -0.2) is 4.98 Å². The van der Waals surface area contributed by atoms with Gasteiger partial charge in [-0.1, -0.05) is 127 Å². The van der Waals surface area contributed by atoms with E-state index in [1.54, 1.807) is 0 Å². The van der Waals surface area contributed by atoms with Gasteiger partial charge in [0.2, 0.25) is 0 Å². The first-order valence-corrected chi connectivity index (χ1v) is 20.3. The SMILES string of the molecule is Cc1cc(-c2ccccc2-c2cccc(-c3ccccc3-c3cc(C)cc(-n4c5ccccc5c5ccccc54)c3O)n2)c(O)c(-n2c3ccccc3c3ccccc32)c1.[Hf]. The Kier molecular flexibility index (Phi) is 9.53. The molecule has 8 aromatic carbocycles. The molecule has 0 aliphatic rings. The number of aromatic hydroxyl groups is 2. The minimum Gasteiger partial charge on any atom is -0.505 e. The number of nitrogens with zero attached hydrogens (tertiary/aromatic N) is 3. The molecule has 0 aliphatic heterocycles. The molecule has 0 aliphatic carbocycles. The predicted octanol–water partition coefficient (Wildman–Crippen LogP) is 14.0. The molecule has 6 heteroatoms. The molecule has 0 unspecified atom stereocenters. The average molecular weight is 952 g/mol. The molecule has 0 radical (unpaired) electrons. The molecule has 0 bridgehead atoms. The average Bonchev–Trinajstić information content (AvgIpc) is 3.81. The molecular weight excluding hydrogens is 913 g/mol. The first kappa shape index (κ1) is 38.2. The summed E-state index contributed by atoms with van der Waals surface area (Å²) in [6.45, 7) is 4.15. The van der Waals surface area contributed by atoms with Crippen LogP contribution >= 0.6 is 0 Å². The van der Waals surface area contributed by atoms with Crippen molar-refractivity contribution < 1.29 is 36.1 Å². The zero-order valence-corrected chi connectivity index (χ0v) is 37.2. The van der Waals surface area contributed by atoms with E-state index in [9.17, 15) is 10.2 Å². The second-order valence-corrected chi connectivity index (χ2v) is 15.6. The van der Waals surface area contributed by atoms with Crippen molar-refractivity contribution in [1.29, 1.82) is 0 Å². The van der Waals surface area contributed by atoms with E-state index in [2.05, 4.69) is 144 Å². The molecule has 3 heterocycles. The summed E-state index contributed by atoms with van der Waals surface area (Å²) in [5.41, 5.74) is 14.2. The van der Waals surface area contributed by atoms with Gasteiger partial charge in [-0.3, -0.25) is 0 Å². The summed E-state index contributed by atoms with van der Waals surface area (Å²) in [4.78, 5) is 5.32. The summed E-state index contributed by atoms with van der Waals surface area (Å²) < 4.78 is 4.34. The summed E-state index contributed by atoms with van der Waals surface area (Å²) in [5.74, 6) is 0.407. The van der Waals surface area contributed by atoms with Gasteiger partial charge in [0.25, 0.3) is 0 Å². The van der Waals surface area contributed by atoms with E-state index >= 15 is 0 Å². The topological polar surface area (TPSA) is 63.2 Å². The van der Waals surface area contributed by atoms with Crippen molar-refractivity contribution in [2.24, 2.45) is 0 Å². The zero-order chi connectivity index (χ0) is 40.5. The Balaban J connectivity index is 0.00000445. The van der Waals surface area contributed by atoms with Crippen LogP contribution in [0.4, 0.5) is 0 Å². The van der Waals surface area contributed by atoms with Gasteiger partial charge >= 0.3 is 0 Å². The van der Waals surface area contributed by atoms with Crippen LogP contribution in [0.2, 0.25) is 0 Å². The minimum atomic E-state index is 0. The van der Waals surface area contributed by atoms with Crippen LogP contribution in [0.5, 0.6) is 11.5 Å². The molecule has 61 heavy (non-hydrogen) atoms. The Morgan fingerprint density at radius 1 is 0.344 bits per heavy atom. The molecule has 0 saturated heterocycles. The first-order valence-electron chi connectivity index (χ1n) is 20.3. The fourth-order valence-corrected chi connectivity index (χ4v) is 9.25. The Bertz CT molecular complexity index is 3170. The van der Waals surface area contributed by atoms with Crippen LogP contribution in [-0.2, 0) is 25.8 Å². The van der Waals surface area contributed by atoms with E-state index in [-0.39, 0.29) is 37.3 Å². The molecular formula is C55H39HfN3O2. The van der Waals surface area contributed by atoms with E-state index in [0.29, 0.717) is 0 Å². The van der Waals surface area contributed by atoms with Gasteiger partial charge in [-0.15, -0.1) is 0 Å². The maximum Gasteiger partial charge on any atom is 0.147 e.